The Hall–Kier alpha value is -3.48. The number of hydrogen-bond donors (Lipinski definition) is 2. The van der Waals surface area contributed by atoms with Crippen LogP contribution in [0.25, 0.3) is 5.82 Å². The third-order valence-electron chi connectivity index (χ3n) is 4.46. The second kappa shape index (κ2) is 8.47. The van der Waals surface area contributed by atoms with Gasteiger partial charge < -0.3 is 10.6 Å². The zero-order chi connectivity index (χ0) is 20.1. The number of aromatic nitrogens is 3. The summed E-state index contributed by atoms with van der Waals surface area (Å²) in [4.78, 5) is 32.2. The second-order valence-corrected chi connectivity index (χ2v) is 6.57. The zero-order valence-corrected chi connectivity index (χ0v) is 16.2. The number of amides is 2. The number of benzene rings is 1. The average molecular weight is 377 g/mol. The number of anilines is 1. The number of pyridine rings is 1. The maximum absolute atomic E-state index is 12.4. The maximum Gasteiger partial charge on any atom is 0.271 e. The first-order chi connectivity index (χ1) is 13.5. The fraction of sp³-hybridized carbons (Fsp3) is 0.238. The van der Waals surface area contributed by atoms with E-state index in [2.05, 4.69) is 33.6 Å². The van der Waals surface area contributed by atoms with Gasteiger partial charge in [0, 0.05) is 19.2 Å². The number of carbonyl (C=O) groups is 2. The minimum absolute atomic E-state index is 0.0695. The Morgan fingerprint density at radius 3 is 2.57 bits per heavy atom. The molecule has 2 heterocycles. The van der Waals surface area contributed by atoms with E-state index >= 15 is 0 Å². The number of carbonyl (C=O) groups excluding carboxylic acids is 2. The molecule has 0 aliphatic heterocycles. The van der Waals surface area contributed by atoms with Crippen LogP contribution in [-0.2, 0) is 11.3 Å². The highest BCUT2D eigenvalue weighted by Crippen LogP contribution is 2.12. The average Bonchev–Trinajstić information content (AvgIpc) is 3.19. The summed E-state index contributed by atoms with van der Waals surface area (Å²) in [6.45, 7) is 6.34. The maximum atomic E-state index is 12.4. The lowest BCUT2D eigenvalue weighted by atomic mass is 10.1. The van der Waals surface area contributed by atoms with E-state index in [-0.39, 0.29) is 11.8 Å². The molecule has 0 radical (unpaired) electrons. The predicted octanol–water partition coefficient (Wildman–Crippen LogP) is 3.16. The predicted molar refractivity (Wildman–Crippen MR) is 107 cm³/mol. The van der Waals surface area contributed by atoms with Crippen molar-refractivity contribution in [2.75, 3.05) is 5.32 Å². The van der Waals surface area contributed by atoms with Gasteiger partial charge in [-0.3, -0.25) is 14.2 Å². The first kappa shape index (κ1) is 19.3. The summed E-state index contributed by atoms with van der Waals surface area (Å²) in [7, 11) is 0. The molecule has 2 amide bonds. The van der Waals surface area contributed by atoms with Gasteiger partial charge in [0.25, 0.3) is 5.91 Å². The van der Waals surface area contributed by atoms with Gasteiger partial charge in [-0.15, -0.1) is 0 Å². The lowest BCUT2D eigenvalue weighted by Gasteiger charge is -2.06. The van der Waals surface area contributed by atoms with E-state index in [1.165, 1.54) is 17.5 Å². The lowest BCUT2D eigenvalue weighted by molar-refractivity contribution is -0.115. The third kappa shape index (κ3) is 4.62. The molecule has 1 aromatic carbocycles. The summed E-state index contributed by atoms with van der Waals surface area (Å²) in [5.41, 5.74) is 4.40. The molecule has 7 nitrogen and oxygen atoms in total. The van der Waals surface area contributed by atoms with E-state index in [1.807, 2.05) is 19.1 Å². The normalized spacial score (nSPS) is 10.5. The molecule has 0 saturated carbocycles. The van der Waals surface area contributed by atoms with Crippen LogP contribution < -0.4 is 10.6 Å². The molecular formula is C21H23N5O2. The van der Waals surface area contributed by atoms with Crippen molar-refractivity contribution < 1.29 is 9.59 Å². The van der Waals surface area contributed by atoms with Gasteiger partial charge in [0.05, 0.1) is 11.9 Å². The number of aryl methyl sites for hydroxylation is 2. The molecular weight excluding hydrogens is 354 g/mol. The molecule has 0 saturated heterocycles. The minimum Gasteiger partial charge on any atom is -0.347 e. The van der Waals surface area contributed by atoms with E-state index < -0.39 is 0 Å². The molecule has 0 unspecified atom stereocenters. The highest BCUT2D eigenvalue weighted by molar-refractivity contribution is 5.92. The topological polar surface area (TPSA) is 88.9 Å². The summed E-state index contributed by atoms with van der Waals surface area (Å²) in [6, 6.07) is 9.63. The highest BCUT2D eigenvalue weighted by Gasteiger charge is 2.11. The number of nitrogens with zero attached hydrogens (tertiary/aromatic N) is 3. The molecule has 0 bridgehead atoms. The van der Waals surface area contributed by atoms with Crippen LogP contribution in [0.4, 0.5) is 5.69 Å². The Morgan fingerprint density at radius 1 is 1.07 bits per heavy atom. The van der Waals surface area contributed by atoms with Crippen molar-refractivity contribution in [1.29, 1.82) is 0 Å². The van der Waals surface area contributed by atoms with Crippen molar-refractivity contribution in [3.05, 3.63) is 71.4 Å². The van der Waals surface area contributed by atoms with Crippen LogP contribution in [-0.4, -0.2) is 26.3 Å². The van der Waals surface area contributed by atoms with Crippen molar-refractivity contribution in [3.8, 4) is 5.82 Å². The molecule has 3 aromatic rings. The van der Waals surface area contributed by atoms with Gasteiger partial charge in [-0.25, -0.2) is 9.97 Å². The molecule has 0 spiro atoms. The van der Waals surface area contributed by atoms with Crippen molar-refractivity contribution in [1.82, 2.24) is 19.9 Å². The van der Waals surface area contributed by atoms with E-state index in [4.69, 9.17) is 0 Å². The zero-order valence-electron chi connectivity index (χ0n) is 16.2. The Balaban J connectivity index is 1.63. The molecule has 3 rings (SSSR count). The standard InChI is InChI=1S/C21H23N5O2/c1-4-20(27)25-17-7-8-19(22-11-17)26-12-18(24-13-26)21(28)23-10-16-6-5-14(2)15(3)9-16/h5-9,11-13H,4,10H2,1-3H3,(H,23,28)(H,25,27). The summed E-state index contributed by atoms with van der Waals surface area (Å²) in [5.74, 6) is 0.291. The summed E-state index contributed by atoms with van der Waals surface area (Å²) in [6.07, 6.45) is 5.15. The van der Waals surface area contributed by atoms with Crippen LogP contribution in [0, 0.1) is 13.8 Å². The van der Waals surface area contributed by atoms with Gasteiger partial charge in [-0.1, -0.05) is 25.1 Å². The van der Waals surface area contributed by atoms with Crippen molar-refractivity contribution in [3.63, 3.8) is 0 Å². The van der Waals surface area contributed by atoms with Crippen molar-refractivity contribution in [2.45, 2.75) is 33.7 Å². The fourth-order valence-electron chi connectivity index (χ4n) is 2.61. The number of hydrogen-bond acceptors (Lipinski definition) is 4. The lowest BCUT2D eigenvalue weighted by Crippen LogP contribution is -2.23. The van der Waals surface area contributed by atoms with Gasteiger partial charge in [0.15, 0.2) is 0 Å². The summed E-state index contributed by atoms with van der Waals surface area (Å²) < 4.78 is 1.66. The number of rotatable bonds is 6. The van der Waals surface area contributed by atoms with Crippen LogP contribution in [0.1, 0.15) is 40.5 Å². The molecule has 0 aliphatic rings. The fourth-order valence-corrected chi connectivity index (χ4v) is 2.61. The third-order valence-corrected chi connectivity index (χ3v) is 4.46. The van der Waals surface area contributed by atoms with E-state index in [9.17, 15) is 9.59 Å². The molecule has 2 aromatic heterocycles. The minimum atomic E-state index is -0.246. The summed E-state index contributed by atoms with van der Waals surface area (Å²) >= 11 is 0. The molecule has 2 N–H and O–H groups in total. The first-order valence-electron chi connectivity index (χ1n) is 9.11. The Morgan fingerprint density at radius 2 is 1.89 bits per heavy atom. The molecule has 28 heavy (non-hydrogen) atoms. The monoisotopic (exact) mass is 377 g/mol. The van der Waals surface area contributed by atoms with Gasteiger partial charge in [0.1, 0.15) is 17.8 Å². The van der Waals surface area contributed by atoms with E-state index in [0.29, 0.717) is 30.2 Å². The van der Waals surface area contributed by atoms with Crippen LogP contribution in [0.15, 0.2) is 49.1 Å². The van der Waals surface area contributed by atoms with Crippen LogP contribution in [0.3, 0.4) is 0 Å². The quantitative estimate of drug-likeness (QED) is 0.691. The first-order valence-corrected chi connectivity index (χ1v) is 9.11. The SMILES string of the molecule is CCC(=O)Nc1ccc(-n2cnc(C(=O)NCc3ccc(C)c(C)c3)c2)nc1. The van der Waals surface area contributed by atoms with Crippen molar-refractivity contribution in [2.24, 2.45) is 0 Å². The van der Waals surface area contributed by atoms with Crippen LogP contribution in [0.5, 0.6) is 0 Å². The van der Waals surface area contributed by atoms with Gasteiger partial charge in [0.2, 0.25) is 5.91 Å². The molecule has 0 fully saturated rings. The second-order valence-electron chi connectivity index (χ2n) is 6.57. The molecule has 7 heteroatoms. The van der Waals surface area contributed by atoms with Gasteiger partial charge in [-0.2, -0.15) is 0 Å². The smallest absolute Gasteiger partial charge is 0.271 e. The number of imidazole rings is 1. The molecule has 0 aliphatic carbocycles. The Kier molecular flexibility index (Phi) is 5.84. The molecule has 144 valence electrons. The van der Waals surface area contributed by atoms with Crippen LogP contribution >= 0.6 is 0 Å². The van der Waals surface area contributed by atoms with E-state index in [1.54, 1.807) is 36.0 Å². The highest BCUT2D eigenvalue weighted by atomic mass is 16.2. The van der Waals surface area contributed by atoms with Gasteiger partial charge in [-0.05, 0) is 42.7 Å². The largest absolute Gasteiger partial charge is 0.347 e. The van der Waals surface area contributed by atoms with E-state index in [0.717, 1.165) is 5.56 Å². The Labute approximate surface area is 163 Å². The Bertz CT molecular complexity index is 992. The van der Waals surface area contributed by atoms with Gasteiger partial charge >= 0.3 is 0 Å². The van der Waals surface area contributed by atoms with Crippen LogP contribution in [0.2, 0.25) is 0 Å². The van der Waals surface area contributed by atoms with Crippen molar-refractivity contribution >= 4 is 17.5 Å². The number of nitrogens with one attached hydrogen (secondary N) is 2. The molecule has 0 atom stereocenters. The summed E-state index contributed by atoms with van der Waals surface area (Å²) in [5, 5.41) is 5.62.